The number of ketones is 1. The second kappa shape index (κ2) is 31.7. The fraction of sp³-hybridized carbons (Fsp3) is 0.860. The zero-order valence-electron chi connectivity index (χ0n) is 36.1. The summed E-state index contributed by atoms with van der Waals surface area (Å²) in [6, 6.07) is 0. The van der Waals surface area contributed by atoms with Crippen molar-refractivity contribution in [3.8, 4) is 0 Å². The first kappa shape index (κ1) is 51.7. The van der Waals surface area contributed by atoms with Crippen LogP contribution in [0.2, 0.25) is 0 Å². The number of carbonyl (C=O) groups excluding carboxylic acids is 2. The van der Waals surface area contributed by atoms with Crippen molar-refractivity contribution in [1.29, 1.82) is 0 Å². The molecule has 1 N–H and O–H groups in total. The van der Waals surface area contributed by atoms with E-state index in [1.54, 1.807) is 0 Å². The van der Waals surface area contributed by atoms with E-state index in [1.807, 2.05) is 7.05 Å². The van der Waals surface area contributed by atoms with Crippen LogP contribution in [0.15, 0.2) is 12.2 Å². The summed E-state index contributed by atoms with van der Waals surface area (Å²) in [5.41, 5.74) is 0. The van der Waals surface area contributed by atoms with E-state index < -0.39 is 15.4 Å². The van der Waals surface area contributed by atoms with Crippen molar-refractivity contribution in [1.82, 2.24) is 15.1 Å². The number of allylic oxidation sites excluding steroid dienone is 2. The van der Waals surface area contributed by atoms with E-state index in [0.29, 0.717) is 38.0 Å². The maximum absolute atomic E-state index is 12.4. The Kier molecular flexibility index (Phi) is 29.8. The van der Waals surface area contributed by atoms with Gasteiger partial charge >= 0.3 is 29.6 Å². The van der Waals surface area contributed by atoms with Gasteiger partial charge in [-0.2, -0.15) is 0 Å². The van der Waals surface area contributed by atoms with E-state index in [2.05, 4.69) is 57.3 Å². The minimum absolute atomic E-state index is 0. The van der Waals surface area contributed by atoms with Gasteiger partial charge in [0.2, 0.25) is 17.6 Å². The second-order valence-corrected chi connectivity index (χ2v) is 17.7. The zero-order chi connectivity index (χ0) is 39.4. The van der Waals surface area contributed by atoms with Crippen LogP contribution in [0.25, 0.3) is 0 Å². The van der Waals surface area contributed by atoms with Crippen LogP contribution in [0.4, 0.5) is 0 Å². The van der Waals surface area contributed by atoms with E-state index in [-0.39, 0.29) is 41.9 Å². The molecule has 0 aromatic rings. The zero-order valence-corrected chi connectivity index (χ0v) is 38.9. The van der Waals surface area contributed by atoms with Crippen molar-refractivity contribution in [3.05, 3.63) is 12.2 Å². The summed E-state index contributed by atoms with van der Waals surface area (Å²) < 4.78 is 41.4. The van der Waals surface area contributed by atoms with Crippen LogP contribution >= 0.6 is 0 Å². The Morgan fingerprint density at radius 1 is 0.745 bits per heavy atom. The normalized spacial score (nSPS) is 15.4. The third kappa shape index (κ3) is 23.7. The first-order valence-electron chi connectivity index (χ1n) is 22.0. The molecule has 2 rings (SSSR count). The summed E-state index contributed by atoms with van der Waals surface area (Å²) in [6.45, 7) is 10.2. The molecule has 55 heavy (non-hydrogen) atoms. The minimum atomic E-state index is -4.41. The monoisotopic (exact) mass is 802 g/mol. The van der Waals surface area contributed by atoms with Gasteiger partial charge in [0.05, 0.1) is 49.0 Å². The van der Waals surface area contributed by atoms with E-state index >= 15 is 0 Å². The van der Waals surface area contributed by atoms with E-state index in [1.165, 1.54) is 50.8 Å². The molecule has 1 atom stereocenters. The van der Waals surface area contributed by atoms with Crippen molar-refractivity contribution < 1.29 is 61.3 Å². The molecule has 1 amide bonds. The minimum Gasteiger partial charge on any atom is -0.748 e. The molecule has 0 saturated carbocycles. The molecule has 2 heterocycles. The van der Waals surface area contributed by atoms with Gasteiger partial charge in [0, 0.05) is 25.7 Å². The van der Waals surface area contributed by atoms with Gasteiger partial charge in [0.1, 0.15) is 38.5 Å². The largest absolute Gasteiger partial charge is 1.00 e. The number of hydrogen-bond donors (Lipinski definition) is 1. The van der Waals surface area contributed by atoms with Crippen LogP contribution in [-0.4, -0.2) is 120 Å². The summed E-state index contributed by atoms with van der Waals surface area (Å²) >= 11 is 0. The van der Waals surface area contributed by atoms with Crippen LogP contribution in [0.1, 0.15) is 174 Å². The van der Waals surface area contributed by atoms with Crippen molar-refractivity contribution in [2.24, 2.45) is 0 Å². The summed E-state index contributed by atoms with van der Waals surface area (Å²) in [7, 11) is -0.275. The van der Waals surface area contributed by atoms with Gasteiger partial charge in [-0.05, 0) is 51.9 Å². The number of nitrogens with zero attached hydrogens (tertiary/aromatic N) is 4. The number of likely N-dealkylation sites (N-methyl/N-ethyl adjacent to an activating group) is 2. The summed E-state index contributed by atoms with van der Waals surface area (Å²) in [4.78, 5) is 29.4. The summed E-state index contributed by atoms with van der Waals surface area (Å²) in [6.07, 6.45) is 28.7. The van der Waals surface area contributed by atoms with Crippen LogP contribution in [0.3, 0.4) is 0 Å². The number of Topliss-reactive ketones (excluding diaryl/α,β-unsaturated/α-hetero) is 1. The Hall–Kier alpha value is -1.27. The molecule has 2 aliphatic rings. The number of nitrogens with one attached hydrogen (secondary N) is 1. The van der Waals surface area contributed by atoms with Gasteiger partial charge in [0.25, 0.3) is 0 Å². The van der Waals surface area contributed by atoms with Crippen LogP contribution in [0, 0.1) is 0 Å². The van der Waals surface area contributed by atoms with E-state index in [4.69, 9.17) is 0 Å². The predicted molar refractivity (Wildman–Crippen MR) is 223 cm³/mol. The molecule has 0 spiro atoms. The van der Waals surface area contributed by atoms with Gasteiger partial charge in [-0.15, -0.1) is 0 Å². The fourth-order valence-electron chi connectivity index (χ4n) is 7.93. The van der Waals surface area contributed by atoms with Gasteiger partial charge in [-0.3, -0.25) is 28.5 Å². The Balaban J connectivity index is 0.0000151. The van der Waals surface area contributed by atoms with Crippen LogP contribution in [0.5, 0.6) is 0 Å². The van der Waals surface area contributed by atoms with Crippen LogP contribution < -0.4 is 34.9 Å². The van der Waals surface area contributed by atoms with Gasteiger partial charge in [-0.25, -0.2) is 8.42 Å². The molecule has 0 aliphatic carbocycles. The van der Waals surface area contributed by atoms with Crippen molar-refractivity contribution in [2.75, 3.05) is 59.9 Å². The quantitative estimate of drug-likeness (QED) is 0.0332. The van der Waals surface area contributed by atoms with E-state index in [9.17, 15) is 22.6 Å². The molecular weight excluding hydrogens is 722 g/mol. The number of amidine groups is 2. The van der Waals surface area contributed by atoms with Gasteiger partial charge in [0.15, 0.2) is 0 Å². The maximum atomic E-state index is 12.4. The van der Waals surface area contributed by atoms with Gasteiger partial charge < -0.3 is 9.87 Å². The molecular formula is C43H80N5NaO5S+2. The van der Waals surface area contributed by atoms with Gasteiger partial charge in [-0.1, -0.05) is 103 Å². The fourth-order valence-corrected chi connectivity index (χ4v) is 8.74. The Morgan fingerprint density at radius 2 is 1.29 bits per heavy atom. The smallest absolute Gasteiger partial charge is 0.748 e. The molecule has 0 saturated heterocycles. The molecule has 0 aromatic carbocycles. The Morgan fingerprint density at radius 3 is 1.95 bits per heavy atom. The third-order valence-corrected chi connectivity index (χ3v) is 12.6. The number of carbonyl (C=O) groups is 2. The number of unbranched alkanes of at least 4 members (excludes halogenated alkanes) is 15. The standard InChI is InChI=1S/C43H79N5O5S.Na/c1-5-7-9-11-13-14-19-23-29-41(50)44-31-33-48-37-34-45(3)42(48)30-24-20-16-15-18-22-28-40(54(51,52)53)38-43-46(4)35-36-47(43)32-25-27-39(49)26-21-17-12-10-8-6-2;/h5,7,40H,6,8-38H2,1-4H3;/q;+1/p+1/b7-5+;. The summed E-state index contributed by atoms with van der Waals surface area (Å²) in [5, 5.41) is 2.22. The third-order valence-electron chi connectivity index (χ3n) is 11.4. The van der Waals surface area contributed by atoms with Crippen molar-refractivity contribution in [3.63, 3.8) is 0 Å². The molecule has 12 heteroatoms. The number of hydrogen-bond acceptors (Lipinski definition) is 7. The first-order valence-corrected chi connectivity index (χ1v) is 23.5. The average Bonchev–Trinajstić information content (AvgIpc) is 3.67. The predicted octanol–water partition coefficient (Wildman–Crippen LogP) is 4.65. The summed E-state index contributed by atoms with van der Waals surface area (Å²) in [5.74, 6) is 2.80. The van der Waals surface area contributed by atoms with Crippen molar-refractivity contribution in [2.45, 2.75) is 180 Å². The molecule has 2 aliphatic heterocycles. The average molecular weight is 802 g/mol. The van der Waals surface area contributed by atoms with E-state index in [0.717, 1.165) is 129 Å². The second-order valence-electron chi connectivity index (χ2n) is 16.0. The Labute approximate surface area is 359 Å². The molecule has 312 valence electrons. The topological polar surface area (TPSA) is 116 Å². The maximum Gasteiger partial charge on any atom is 1.00 e. The molecule has 10 nitrogen and oxygen atoms in total. The Bertz CT molecular complexity index is 1270. The number of rotatable bonds is 34. The van der Waals surface area contributed by atoms with Crippen LogP contribution in [-0.2, 0) is 19.7 Å². The molecule has 0 bridgehead atoms. The molecule has 0 fully saturated rings. The number of amides is 1. The molecule has 0 aromatic heterocycles. The molecule has 1 unspecified atom stereocenters. The first-order chi connectivity index (χ1) is 26.1. The van der Waals surface area contributed by atoms with Crippen molar-refractivity contribution >= 4 is 33.5 Å². The SMILES string of the molecule is C/C=C/CCCCCCCC(=O)NCCN1CC[N+](C)=C1CCCCCCCCC(CC1=[N+](C)CCN1CCCC(=O)CCCCCCCC)S(=O)(=O)[O-].[Na+]. The molecule has 0 radical (unpaired) electrons.